The van der Waals surface area contributed by atoms with Crippen molar-refractivity contribution >= 4 is 5.97 Å². The van der Waals surface area contributed by atoms with Gasteiger partial charge in [0.05, 0.1) is 0 Å². The van der Waals surface area contributed by atoms with Crippen LogP contribution in [0.5, 0.6) is 0 Å². The predicted molar refractivity (Wildman–Crippen MR) is 87.1 cm³/mol. The Balaban J connectivity index is 3.19. The number of carboxylic acid groups (broad SMARTS) is 1. The Hall–Kier alpha value is -0.790. The maximum Gasteiger partial charge on any atom is 0.331 e. The fourth-order valence-electron chi connectivity index (χ4n) is 2.53. The minimum atomic E-state index is -0.754. The first-order valence-corrected chi connectivity index (χ1v) is 8.60. The molecule has 0 aliphatic heterocycles. The van der Waals surface area contributed by atoms with E-state index in [4.69, 9.17) is 5.11 Å². The van der Waals surface area contributed by atoms with Crippen molar-refractivity contribution in [2.45, 2.75) is 97.3 Å². The normalized spacial score (nSPS) is 11.8. The van der Waals surface area contributed by atoms with Gasteiger partial charge in [-0.3, -0.25) is 0 Å². The van der Waals surface area contributed by atoms with Crippen LogP contribution in [0.1, 0.15) is 97.3 Å². The zero-order chi connectivity index (χ0) is 15.1. The minimum Gasteiger partial charge on any atom is -0.478 e. The molecule has 0 bridgehead atoms. The Morgan fingerprint density at radius 1 is 0.800 bits per heavy atom. The highest BCUT2D eigenvalue weighted by Crippen LogP contribution is 2.14. The number of carbonyl (C=O) groups is 1. The number of unbranched alkanes of at least 4 members (excludes halogenated alkanes) is 11. The van der Waals surface area contributed by atoms with Gasteiger partial charge in [0, 0.05) is 5.57 Å². The standard InChI is InChI=1S/C18H34O2/c1-3-5-6-7-8-9-10-11-12-13-14-15-16-17(4-2)18(19)20/h4H,3,5-16H2,1-2H3,(H,19,20)/b17-4+. The lowest BCUT2D eigenvalue weighted by atomic mass is 10.0. The van der Waals surface area contributed by atoms with Gasteiger partial charge in [-0.15, -0.1) is 0 Å². The molecule has 0 spiro atoms. The van der Waals surface area contributed by atoms with Crippen LogP contribution in [0.15, 0.2) is 11.6 Å². The van der Waals surface area contributed by atoms with Gasteiger partial charge in [0.15, 0.2) is 0 Å². The maximum absolute atomic E-state index is 10.8. The van der Waals surface area contributed by atoms with Gasteiger partial charge in [-0.2, -0.15) is 0 Å². The summed E-state index contributed by atoms with van der Waals surface area (Å²) in [6.07, 6.45) is 18.3. The summed E-state index contributed by atoms with van der Waals surface area (Å²) < 4.78 is 0. The molecule has 0 aromatic rings. The third kappa shape index (κ3) is 12.3. The highest BCUT2D eigenvalue weighted by molar-refractivity contribution is 5.86. The highest BCUT2D eigenvalue weighted by Gasteiger charge is 2.04. The molecule has 20 heavy (non-hydrogen) atoms. The summed E-state index contributed by atoms with van der Waals surface area (Å²) in [7, 11) is 0. The van der Waals surface area contributed by atoms with Crippen molar-refractivity contribution in [3.63, 3.8) is 0 Å². The Labute approximate surface area is 125 Å². The molecule has 118 valence electrons. The number of hydrogen-bond acceptors (Lipinski definition) is 1. The second kappa shape index (κ2) is 14.6. The topological polar surface area (TPSA) is 37.3 Å². The van der Waals surface area contributed by atoms with E-state index >= 15 is 0 Å². The first-order chi connectivity index (χ1) is 9.72. The van der Waals surface area contributed by atoms with Crippen LogP contribution in [-0.2, 0) is 4.79 Å². The molecule has 0 aromatic carbocycles. The number of aliphatic carboxylic acids is 1. The van der Waals surface area contributed by atoms with E-state index in [0.29, 0.717) is 5.57 Å². The van der Waals surface area contributed by atoms with Gasteiger partial charge in [-0.1, -0.05) is 83.6 Å². The van der Waals surface area contributed by atoms with Crippen molar-refractivity contribution in [1.29, 1.82) is 0 Å². The van der Waals surface area contributed by atoms with Crippen molar-refractivity contribution in [3.8, 4) is 0 Å². The summed E-state index contributed by atoms with van der Waals surface area (Å²) in [5.74, 6) is -0.754. The van der Waals surface area contributed by atoms with Gasteiger partial charge >= 0.3 is 5.97 Å². The molecule has 0 heterocycles. The third-order valence-corrected chi connectivity index (χ3v) is 3.92. The van der Waals surface area contributed by atoms with Gasteiger partial charge < -0.3 is 5.11 Å². The molecule has 0 rings (SSSR count). The summed E-state index contributed by atoms with van der Waals surface area (Å²) in [6.45, 7) is 4.07. The van der Waals surface area contributed by atoms with Gasteiger partial charge in [0.2, 0.25) is 0 Å². The van der Waals surface area contributed by atoms with Gasteiger partial charge in [0.1, 0.15) is 0 Å². The predicted octanol–water partition coefficient (Wildman–Crippen LogP) is 6.11. The average molecular weight is 282 g/mol. The Kier molecular flexibility index (Phi) is 14.0. The summed E-state index contributed by atoms with van der Waals surface area (Å²) in [4.78, 5) is 10.8. The second-order valence-corrected chi connectivity index (χ2v) is 5.76. The zero-order valence-electron chi connectivity index (χ0n) is 13.6. The summed E-state index contributed by atoms with van der Waals surface area (Å²) in [5, 5.41) is 8.88. The molecule has 0 radical (unpaired) electrons. The van der Waals surface area contributed by atoms with Crippen LogP contribution in [-0.4, -0.2) is 11.1 Å². The van der Waals surface area contributed by atoms with Crippen LogP contribution in [0.4, 0.5) is 0 Å². The van der Waals surface area contributed by atoms with E-state index in [-0.39, 0.29) is 0 Å². The maximum atomic E-state index is 10.8. The van der Waals surface area contributed by atoms with Crippen molar-refractivity contribution in [3.05, 3.63) is 11.6 Å². The highest BCUT2D eigenvalue weighted by atomic mass is 16.4. The van der Waals surface area contributed by atoms with E-state index in [1.54, 1.807) is 6.08 Å². The molecule has 0 aliphatic rings. The van der Waals surface area contributed by atoms with Crippen molar-refractivity contribution in [2.75, 3.05) is 0 Å². The number of allylic oxidation sites excluding steroid dienone is 1. The molecule has 1 N–H and O–H groups in total. The molecule has 0 saturated heterocycles. The number of hydrogen-bond donors (Lipinski definition) is 1. The van der Waals surface area contributed by atoms with Crippen molar-refractivity contribution < 1.29 is 9.90 Å². The fraction of sp³-hybridized carbons (Fsp3) is 0.833. The van der Waals surface area contributed by atoms with E-state index in [9.17, 15) is 4.79 Å². The molecular weight excluding hydrogens is 248 g/mol. The number of rotatable bonds is 14. The molecule has 0 unspecified atom stereocenters. The van der Waals surface area contributed by atoms with E-state index in [1.165, 1.54) is 70.6 Å². The van der Waals surface area contributed by atoms with Crippen LogP contribution < -0.4 is 0 Å². The van der Waals surface area contributed by atoms with Gasteiger partial charge in [-0.05, 0) is 19.8 Å². The molecule has 0 fully saturated rings. The Morgan fingerprint density at radius 2 is 1.20 bits per heavy atom. The largest absolute Gasteiger partial charge is 0.478 e. The molecule has 2 nitrogen and oxygen atoms in total. The van der Waals surface area contributed by atoms with Crippen LogP contribution in [0.3, 0.4) is 0 Å². The van der Waals surface area contributed by atoms with Crippen LogP contribution in [0.25, 0.3) is 0 Å². The van der Waals surface area contributed by atoms with Gasteiger partial charge in [0.25, 0.3) is 0 Å². The molecule has 0 aliphatic carbocycles. The monoisotopic (exact) mass is 282 g/mol. The lowest BCUT2D eigenvalue weighted by molar-refractivity contribution is -0.132. The van der Waals surface area contributed by atoms with Crippen molar-refractivity contribution in [2.24, 2.45) is 0 Å². The van der Waals surface area contributed by atoms with E-state index in [1.807, 2.05) is 6.92 Å². The molecular formula is C18H34O2. The lowest BCUT2D eigenvalue weighted by Crippen LogP contribution is -1.99. The SMILES string of the molecule is C/C=C(\CCCCCCCCCCCCCC)C(=O)O. The number of carboxylic acids is 1. The quantitative estimate of drug-likeness (QED) is 0.308. The summed E-state index contributed by atoms with van der Waals surface area (Å²) in [6, 6.07) is 0. The Bertz CT molecular complexity index is 256. The zero-order valence-corrected chi connectivity index (χ0v) is 13.6. The second-order valence-electron chi connectivity index (χ2n) is 5.76. The molecule has 0 atom stereocenters. The molecule has 0 saturated carbocycles. The molecule has 2 heteroatoms. The minimum absolute atomic E-state index is 0.567. The fourth-order valence-corrected chi connectivity index (χ4v) is 2.53. The van der Waals surface area contributed by atoms with E-state index in [2.05, 4.69) is 6.92 Å². The first-order valence-electron chi connectivity index (χ1n) is 8.60. The summed E-state index contributed by atoms with van der Waals surface area (Å²) >= 11 is 0. The van der Waals surface area contributed by atoms with Crippen LogP contribution >= 0.6 is 0 Å². The van der Waals surface area contributed by atoms with Crippen molar-refractivity contribution in [1.82, 2.24) is 0 Å². The van der Waals surface area contributed by atoms with E-state index < -0.39 is 5.97 Å². The molecule has 0 amide bonds. The average Bonchev–Trinajstić information content (AvgIpc) is 2.43. The van der Waals surface area contributed by atoms with Crippen LogP contribution in [0.2, 0.25) is 0 Å². The smallest absolute Gasteiger partial charge is 0.331 e. The molecule has 0 aromatic heterocycles. The van der Waals surface area contributed by atoms with E-state index in [0.717, 1.165) is 12.8 Å². The Morgan fingerprint density at radius 3 is 1.55 bits per heavy atom. The lowest BCUT2D eigenvalue weighted by Gasteiger charge is -2.03. The first kappa shape index (κ1) is 19.2. The van der Waals surface area contributed by atoms with Gasteiger partial charge in [-0.25, -0.2) is 4.79 Å². The van der Waals surface area contributed by atoms with Crippen LogP contribution in [0, 0.1) is 0 Å². The third-order valence-electron chi connectivity index (χ3n) is 3.92. The summed E-state index contributed by atoms with van der Waals surface area (Å²) in [5.41, 5.74) is 0.567.